The Morgan fingerprint density at radius 1 is 0.852 bits per heavy atom. The maximum Gasteiger partial charge on any atom is 0.422 e. The van der Waals surface area contributed by atoms with Crippen LogP contribution in [0.3, 0.4) is 0 Å². The highest BCUT2D eigenvalue weighted by atomic mass is 19.4. The lowest BCUT2D eigenvalue weighted by molar-refractivity contribution is -0.387. The molecule has 0 bridgehead atoms. The quantitative estimate of drug-likeness (QED) is 0.428. The van der Waals surface area contributed by atoms with E-state index in [2.05, 4.69) is 4.74 Å². The summed E-state index contributed by atoms with van der Waals surface area (Å²) in [5, 5.41) is 20.4. The van der Waals surface area contributed by atoms with Gasteiger partial charge in [-0.1, -0.05) is 0 Å². The number of hydrogen-bond donors (Lipinski definition) is 0. The van der Waals surface area contributed by atoms with E-state index >= 15 is 0 Å². The molecule has 0 amide bonds. The Labute approximate surface area is 146 Å². The number of halogens is 6. The van der Waals surface area contributed by atoms with Gasteiger partial charge >= 0.3 is 17.6 Å². The Hall–Kier alpha value is -3.38. The maximum atomic E-state index is 12.6. The molecule has 146 valence electrons. The van der Waals surface area contributed by atoms with Gasteiger partial charge in [0, 0.05) is 24.3 Å². The van der Waals surface area contributed by atoms with Crippen molar-refractivity contribution < 1.29 is 40.9 Å². The summed E-state index contributed by atoms with van der Waals surface area (Å²) in [4.78, 5) is 18.5. The fraction of sp³-hybridized carbons (Fsp3) is 0.143. The van der Waals surface area contributed by atoms with Gasteiger partial charge in [0.2, 0.25) is 5.82 Å². The van der Waals surface area contributed by atoms with E-state index in [9.17, 15) is 46.6 Å². The number of hydrogen-bond acceptors (Lipinski definition) is 5. The molecule has 0 aliphatic heterocycles. The zero-order chi connectivity index (χ0) is 20.8. The standard InChI is InChI=1S/C8H5F4NO3.C6H3F2NO2/c9-5-1-2-6(13(14)15)7(3-5)16-4-8(10,11)12;7-4-1-2-6(9(10)11)5(8)3-4/h1-3H,4H2;1-3H. The molecule has 7 nitrogen and oxygen atoms in total. The smallest absolute Gasteiger partial charge is 0.422 e. The number of benzene rings is 2. The van der Waals surface area contributed by atoms with Gasteiger partial charge in [-0.05, 0) is 12.1 Å². The monoisotopic (exact) mass is 398 g/mol. The molecule has 0 unspecified atom stereocenters. The lowest BCUT2D eigenvalue weighted by Crippen LogP contribution is -2.19. The maximum absolute atomic E-state index is 12.6. The van der Waals surface area contributed by atoms with Gasteiger partial charge in [0.25, 0.3) is 0 Å². The largest absolute Gasteiger partial charge is 0.477 e. The van der Waals surface area contributed by atoms with Crippen LogP contribution in [0.2, 0.25) is 0 Å². The van der Waals surface area contributed by atoms with Gasteiger partial charge in [-0.3, -0.25) is 20.2 Å². The molecule has 27 heavy (non-hydrogen) atoms. The molecule has 0 atom stereocenters. The predicted octanol–water partition coefficient (Wildman–Crippen LogP) is 4.55. The molecule has 0 saturated heterocycles. The minimum atomic E-state index is -4.64. The number of nitro groups is 2. The molecule has 2 rings (SSSR count). The molecule has 0 radical (unpaired) electrons. The van der Waals surface area contributed by atoms with Crippen LogP contribution in [0, 0.1) is 37.7 Å². The normalized spacial score (nSPS) is 10.6. The van der Waals surface area contributed by atoms with Crippen LogP contribution in [0.5, 0.6) is 5.75 Å². The highest BCUT2D eigenvalue weighted by Crippen LogP contribution is 2.29. The summed E-state index contributed by atoms with van der Waals surface area (Å²) >= 11 is 0. The van der Waals surface area contributed by atoms with Crippen molar-refractivity contribution >= 4 is 11.4 Å². The first-order valence-electron chi connectivity index (χ1n) is 6.63. The van der Waals surface area contributed by atoms with Crippen LogP contribution in [-0.4, -0.2) is 22.6 Å². The van der Waals surface area contributed by atoms with Crippen molar-refractivity contribution in [2.24, 2.45) is 0 Å². The van der Waals surface area contributed by atoms with Crippen LogP contribution in [0.4, 0.5) is 37.7 Å². The Morgan fingerprint density at radius 2 is 1.33 bits per heavy atom. The summed E-state index contributed by atoms with van der Waals surface area (Å²) in [7, 11) is 0. The summed E-state index contributed by atoms with van der Waals surface area (Å²) < 4.78 is 76.7. The summed E-state index contributed by atoms with van der Waals surface area (Å²) in [6.07, 6.45) is -4.64. The van der Waals surface area contributed by atoms with E-state index in [-0.39, 0.29) is 0 Å². The molecule has 2 aromatic rings. The van der Waals surface area contributed by atoms with E-state index in [0.717, 1.165) is 24.3 Å². The zero-order valence-corrected chi connectivity index (χ0v) is 12.9. The van der Waals surface area contributed by atoms with Crippen molar-refractivity contribution in [2.75, 3.05) is 6.61 Å². The topological polar surface area (TPSA) is 95.5 Å². The van der Waals surface area contributed by atoms with Crippen molar-refractivity contribution in [2.45, 2.75) is 6.18 Å². The molecule has 2 aromatic carbocycles. The first kappa shape index (κ1) is 21.7. The van der Waals surface area contributed by atoms with E-state index in [4.69, 9.17) is 0 Å². The van der Waals surface area contributed by atoms with Crippen molar-refractivity contribution in [3.05, 3.63) is 74.1 Å². The SMILES string of the molecule is O=[N+]([O-])c1ccc(F)cc1F.O=[N+]([O-])c1ccc(F)cc1OCC(F)(F)F. The lowest BCUT2D eigenvalue weighted by Gasteiger charge is -2.09. The molecule has 0 aliphatic rings. The summed E-state index contributed by atoms with van der Waals surface area (Å²) in [6.45, 7) is -1.71. The van der Waals surface area contributed by atoms with Crippen LogP contribution >= 0.6 is 0 Å². The molecule has 0 aromatic heterocycles. The highest BCUT2D eigenvalue weighted by molar-refractivity contribution is 5.46. The number of rotatable bonds is 4. The van der Waals surface area contributed by atoms with Gasteiger partial charge in [-0.2, -0.15) is 17.6 Å². The predicted molar refractivity (Wildman–Crippen MR) is 77.6 cm³/mol. The van der Waals surface area contributed by atoms with Crippen LogP contribution in [0.1, 0.15) is 0 Å². The van der Waals surface area contributed by atoms with Gasteiger partial charge in [0.1, 0.15) is 11.6 Å². The fourth-order valence-corrected chi connectivity index (χ4v) is 1.54. The molecular weight excluding hydrogens is 390 g/mol. The van der Waals surface area contributed by atoms with Crippen LogP contribution in [0.15, 0.2) is 36.4 Å². The van der Waals surface area contributed by atoms with E-state index in [1.54, 1.807) is 0 Å². The molecule has 13 heteroatoms. The molecule has 0 saturated carbocycles. The summed E-state index contributed by atoms with van der Waals surface area (Å²) in [6, 6.07) is 4.12. The second kappa shape index (κ2) is 8.82. The van der Waals surface area contributed by atoms with E-state index < -0.39 is 57.2 Å². The minimum absolute atomic E-state index is 0.470. The number of nitrogens with zero attached hydrogens (tertiary/aromatic N) is 2. The lowest BCUT2D eigenvalue weighted by atomic mass is 10.3. The van der Waals surface area contributed by atoms with Gasteiger partial charge in [0.05, 0.1) is 9.85 Å². The molecular formula is C14H8F6N2O5. The first-order valence-corrected chi connectivity index (χ1v) is 6.63. The Kier molecular flexibility index (Phi) is 7.08. The van der Waals surface area contributed by atoms with Crippen LogP contribution in [0.25, 0.3) is 0 Å². The molecule has 0 aliphatic carbocycles. The van der Waals surface area contributed by atoms with Gasteiger partial charge in [0.15, 0.2) is 12.4 Å². The Morgan fingerprint density at radius 3 is 1.78 bits per heavy atom. The molecule has 0 heterocycles. The zero-order valence-electron chi connectivity index (χ0n) is 12.9. The van der Waals surface area contributed by atoms with E-state index in [0.29, 0.717) is 12.1 Å². The average molecular weight is 398 g/mol. The second-order valence-corrected chi connectivity index (χ2v) is 4.63. The van der Waals surface area contributed by atoms with E-state index in [1.165, 1.54) is 0 Å². The molecule has 0 N–H and O–H groups in total. The van der Waals surface area contributed by atoms with Crippen molar-refractivity contribution in [1.29, 1.82) is 0 Å². The molecule has 0 spiro atoms. The fourth-order valence-electron chi connectivity index (χ4n) is 1.54. The van der Waals surface area contributed by atoms with E-state index in [1.807, 2.05) is 0 Å². The average Bonchev–Trinajstić information content (AvgIpc) is 2.52. The van der Waals surface area contributed by atoms with Crippen molar-refractivity contribution in [1.82, 2.24) is 0 Å². The Bertz CT molecular complexity index is 843. The van der Waals surface area contributed by atoms with Crippen LogP contribution < -0.4 is 4.74 Å². The van der Waals surface area contributed by atoms with Gasteiger partial charge in [-0.15, -0.1) is 0 Å². The molecule has 0 fully saturated rings. The summed E-state index contributed by atoms with van der Waals surface area (Å²) in [5.41, 5.74) is -1.43. The first-order chi connectivity index (χ1) is 12.4. The number of alkyl halides is 3. The third-order valence-electron chi connectivity index (χ3n) is 2.62. The third-order valence-corrected chi connectivity index (χ3v) is 2.62. The van der Waals surface area contributed by atoms with Crippen molar-refractivity contribution in [3.8, 4) is 5.75 Å². The second-order valence-electron chi connectivity index (χ2n) is 4.63. The number of ether oxygens (including phenoxy) is 1. The van der Waals surface area contributed by atoms with Gasteiger partial charge in [-0.25, -0.2) is 8.78 Å². The highest BCUT2D eigenvalue weighted by Gasteiger charge is 2.30. The Balaban J connectivity index is 0.000000289. The summed E-state index contributed by atoms with van der Waals surface area (Å²) in [5.74, 6) is -3.65. The number of nitro benzene ring substituents is 2. The minimum Gasteiger partial charge on any atom is -0.477 e. The third kappa shape index (κ3) is 7.17. The van der Waals surface area contributed by atoms with Crippen molar-refractivity contribution in [3.63, 3.8) is 0 Å². The van der Waals surface area contributed by atoms with Crippen LogP contribution in [-0.2, 0) is 0 Å². The van der Waals surface area contributed by atoms with Gasteiger partial charge < -0.3 is 4.74 Å².